The molecule has 2 aromatic heterocycles. The number of benzene rings is 1. The first-order chi connectivity index (χ1) is 18.5. The van der Waals surface area contributed by atoms with Gasteiger partial charge in [-0.15, -0.1) is 17.8 Å². The fourth-order valence-corrected chi connectivity index (χ4v) is 7.54. The summed E-state index contributed by atoms with van der Waals surface area (Å²) in [6.07, 6.45) is 7.70. The van der Waals surface area contributed by atoms with Gasteiger partial charge in [0.05, 0.1) is 33.9 Å². The summed E-state index contributed by atoms with van der Waals surface area (Å²) < 4.78 is 32.3. The number of fused-ring (bicyclic) bond motifs is 2. The predicted octanol–water partition coefficient (Wildman–Crippen LogP) is 2.45. The fraction of sp³-hybridized carbons (Fsp3) is 0.333. The second kappa shape index (κ2) is 11.5. The SMILES string of the molecule is C#CCn1c(=NC(=O)CS(=O)(=O)CC(=O)Nc2sc3c(c2C(=O)OCC)CCC3)sc2cc([N+](=O)[O-])ccc21. The number of hydrogen-bond acceptors (Lipinski definition) is 10. The van der Waals surface area contributed by atoms with Crippen LogP contribution < -0.4 is 10.1 Å². The molecule has 1 N–H and O–H groups in total. The van der Waals surface area contributed by atoms with Gasteiger partial charge in [0, 0.05) is 17.0 Å². The molecule has 12 nitrogen and oxygen atoms in total. The zero-order chi connectivity index (χ0) is 28.3. The first-order valence-electron chi connectivity index (χ1n) is 11.6. The van der Waals surface area contributed by atoms with E-state index in [0.717, 1.165) is 34.6 Å². The maximum atomic E-state index is 12.7. The number of carbonyl (C=O) groups excluding carboxylic acids is 3. The van der Waals surface area contributed by atoms with Crippen molar-refractivity contribution in [2.24, 2.45) is 4.99 Å². The number of rotatable bonds is 9. The van der Waals surface area contributed by atoms with E-state index in [1.54, 1.807) is 6.92 Å². The first kappa shape index (κ1) is 28.1. The van der Waals surface area contributed by atoms with Gasteiger partial charge in [0.25, 0.3) is 11.6 Å². The highest BCUT2D eigenvalue weighted by Gasteiger charge is 2.29. The van der Waals surface area contributed by atoms with Crippen molar-refractivity contribution in [3.05, 3.63) is 49.1 Å². The van der Waals surface area contributed by atoms with Crippen LogP contribution in [0.5, 0.6) is 0 Å². The number of sulfone groups is 1. The number of nitrogens with one attached hydrogen (secondary N) is 1. The molecule has 2 amide bonds. The quantitative estimate of drug-likeness (QED) is 0.172. The van der Waals surface area contributed by atoms with E-state index in [4.69, 9.17) is 11.2 Å². The molecule has 204 valence electrons. The molecule has 0 saturated heterocycles. The molecule has 39 heavy (non-hydrogen) atoms. The van der Waals surface area contributed by atoms with Crippen LogP contribution in [0.2, 0.25) is 0 Å². The maximum absolute atomic E-state index is 12.7. The van der Waals surface area contributed by atoms with E-state index in [1.807, 2.05) is 0 Å². The monoisotopic (exact) mass is 590 g/mol. The second-order valence-electron chi connectivity index (χ2n) is 8.45. The maximum Gasteiger partial charge on any atom is 0.341 e. The van der Waals surface area contributed by atoms with Crippen molar-refractivity contribution in [3.8, 4) is 12.3 Å². The lowest BCUT2D eigenvalue weighted by Crippen LogP contribution is -2.28. The van der Waals surface area contributed by atoms with Crippen molar-refractivity contribution in [2.75, 3.05) is 23.4 Å². The normalized spacial score (nSPS) is 13.2. The Balaban J connectivity index is 1.52. The van der Waals surface area contributed by atoms with Gasteiger partial charge < -0.3 is 14.6 Å². The molecule has 0 saturated carbocycles. The third-order valence-electron chi connectivity index (χ3n) is 5.70. The van der Waals surface area contributed by atoms with Crippen LogP contribution >= 0.6 is 22.7 Å². The van der Waals surface area contributed by atoms with E-state index in [-0.39, 0.29) is 34.2 Å². The number of carbonyl (C=O) groups is 3. The average molecular weight is 591 g/mol. The van der Waals surface area contributed by atoms with Crippen molar-refractivity contribution in [2.45, 2.75) is 32.7 Å². The number of terminal acetylenes is 1. The number of non-ortho nitro benzene ring substituents is 1. The standard InChI is InChI=1S/C24H22N4O8S3/c1-3-10-27-16-9-8-14(28(32)33)11-18(16)38-24(27)26-20(30)13-39(34,35)12-19(29)25-22-21(23(31)36-4-2)15-6-5-7-17(15)37-22/h1,8-9,11H,4-7,10,12-13H2,2H3,(H,25,29). The van der Waals surface area contributed by atoms with Crippen LogP contribution in [0.15, 0.2) is 23.2 Å². The number of hydrogen-bond donors (Lipinski definition) is 1. The highest BCUT2D eigenvalue weighted by Crippen LogP contribution is 2.39. The molecule has 4 rings (SSSR count). The fourth-order valence-electron chi connectivity index (χ4n) is 4.16. The minimum Gasteiger partial charge on any atom is -0.462 e. The minimum atomic E-state index is -4.23. The van der Waals surface area contributed by atoms with Gasteiger partial charge in [-0.2, -0.15) is 4.99 Å². The number of thiophene rings is 1. The van der Waals surface area contributed by atoms with Crippen LogP contribution in [0.4, 0.5) is 10.7 Å². The second-order valence-corrected chi connectivity index (χ2v) is 12.6. The van der Waals surface area contributed by atoms with Crippen LogP contribution in [-0.2, 0) is 43.5 Å². The number of nitro benzene ring substituents is 1. The third-order valence-corrected chi connectivity index (χ3v) is 9.33. The summed E-state index contributed by atoms with van der Waals surface area (Å²) in [6, 6.07) is 4.06. The average Bonchev–Trinajstić information content (AvgIpc) is 3.51. The number of ether oxygens (including phenoxy) is 1. The lowest BCUT2D eigenvalue weighted by Gasteiger charge is -2.08. The Labute approximate surface area is 230 Å². The van der Waals surface area contributed by atoms with E-state index in [9.17, 15) is 32.9 Å². The summed E-state index contributed by atoms with van der Waals surface area (Å²) in [5.74, 6) is -2.15. The van der Waals surface area contributed by atoms with Crippen LogP contribution in [0.1, 0.15) is 34.1 Å². The Morgan fingerprint density at radius 1 is 1.26 bits per heavy atom. The smallest absolute Gasteiger partial charge is 0.341 e. The van der Waals surface area contributed by atoms with E-state index in [2.05, 4.69) is 16.2 Å². The van der Waals surface area contributed by atoms with Crippen LogP contribution in [0, 0.1) is 22.5 Å². The van der Waals surface area contributed by atoms with Crippen LogP contribution in [0.3, 0.4) is 0 Å². The highest BCUT2D eigenvalue weighted by atomic mass is 32.2. The Kier molecular flexibility index (Phi) is 8.28. The number of amides is 2. The molecule has 0 radical (unpaired) electrons. The van der Waals surface area contributed by atoms with Crippen LogP contribution in [0.25, 0.3) is 10.2 Å². The highest BCUT2D eigenvalue weighted by molar-refractivity contribution is 7.92. The predicted molar refractivity (Wildman–Crippen MR) is 145 cm³/mol. The van der Waals surface area contributed by atoms with Gasteiger partial charge in [-0.3, -0.25) is 19.7 Å². The Morgan fingerprint density at radius 2 is 2.03 bits per heavy atom. The molecule has 15 heteroatoms. The van der Waals surface area contributed by atoms with Crippen molar-refractivity contribution in [3.63, 3.8) is 0 Å². The van der Waals surface area contributed by atoms with E-state index < -0.39 is 44.0 Å². The number of aryl methyl sites for hydroxylation is 1. The van der Waals surface area contributed by atoms with Crippen molar-refractivity contribution in [1.29, 1.82) is 0 Å². The molecule has 1 aliphatic rings. The molecular formula is C24H22N4O8S3. The van der Waals surface area contributed by atoms with Gasteiger partial charge in [-0.1, -0.05) is 17.3 Å². The van der Waals surface area contributed by atoms with Crippen molar-refractivity contribution >= 4 is 71.2 Å². The van der Waals surface area contributed by atoms with Crippen LogP contribution in [-0.4, -0.2) is 53.8 Å². The lowest BCUT2D eigenvalue weighted by molar-refractivity contribution is -0.384. The number of nitro groups is 1. The molecule has 0 bridgehead atoms. The molecule has 0 spiro atoms. The van der Waals surface area contributed by atoms with Gasteiger partial charge in [0.15, 0.2) is 14.6 Å². The molecule has 0 aliphatic heterocycles. The van der Waals surface area contributed by atoms with Crippen molar-refractivity contribution in [1.82, 2.24) is 4.57 Å². The lowest BCUT2D eigenvalue weighted by atomic mass is 10.1. The van der Waals surface area contributed by atoms with Gasteiger partial charge >= 0.3 is 5.97 Å². The molecule has 0 atom stereocenters. The molecule has 1 aromatic carbocycles. The molecule has 2 heterocycles. The number of nitrogens with zero attached hydrogens (tertiary/aromatic N) is 3. The summed E-state index contributed by atoms with van der Waals surface area (Å²) in [5.41, 5.74) is 1.39. The summed E-state index contributed by atoms with van der Waals surface area (Å²) >= 11 is 2.15. The number of thiazole rings is 1. The third kappa shape index (κ3) is 6.24. The molecule has 1 aliphatic carbocycles. The minimum absolute atomic E-state index is 0.00727. The van der Waals surface area contributed by atoms with Gasteiger partial charge in [-0.25, -0.2) is 13.2 Å². The summed E-state index contributed by atoms with van der Waals surface area (Å²) in [7, 11) is -4.23. The zero-order valence-electron chi connectivity index (χ0n) is 20.6. The van der Waals surface area contributed by atoms with E-state index in [1.165, 1.54) is 34.1 Å². The summed E-state index contributed by atoms with van der Waals surface area (Å²) in [4.78, 5) is 53.1. The molecule has 0 unspecified atom stereocenters. The topological polar surface area (TPSA) is 167 Å². The summed E-state index contributed by atoms with van der Waals surface area (Å²) in [5, 5.41) is 13.8. The van der Waals surface area contributed by atoms with Gasteiger partial charge in [0.2, 0.25) is 5.91 Å². The van der Waals surface area contributed by atoms with Crippen molar-refractivity contribution < 1.29 is 32.5 Å². The Morgan fingerprint density at radius 3 is 2.72 bits per heavy atom. The Bertz CT molecular complexity index is 1720. The molecule has 0 fully saturated rings. The number of esters is 1. The first-order valence-corrected chi connectivity index (χ1v) is 15.1. The Hall–Kier alpha value is -3.87. The largest absolute Gasteiger partial charge is 0.462 e. The number of aromatic nitrogens is 1. The number of anilines is 1. The summed E-state index contributed by atoms with van der Waals surface area (Å²) in [6.45, 7) is 1.80. The van der Waals surface area contributed by atoms with E-state index in [0.29, 0.717) is 16.6 Å². The molecular weight excluding hydrogens is 568 g/mol. The molecule has 3 aromatic rings. The zero-order valence-corrected chi connectivity index (χ0v) is 23.0. The van der Waals surface area contributed by atoms with Gasteiger partial charge in [0.1, 0.15) is 16.5 Å². The van der Waals surface area contributed by atoms with Gasteiger partial charge in [-0.05, 0) is 37.8 Å². The van der Waals surface area contributed by atoms with E-state index >= 15 is 0 Å².